The molecular weight excluding hydrogens is 600 g/mol. The summed E-state index contributed by atoms with van der Waals surface area (Å²) in [4.78, 5) is 69.9. The standard InChI is InChI=1S/C35H36N6O6/c1-6-35(18-34(46)41-29-12-9-25(4)32(17-29)38-22-44,14-13-33(45)40-28-11-8-24(3)31(16-28)37-21-43)19-47-26(5)39-27-10-7-23(2)30(15-27)36-20-42/h7-12,15-17,39H,5-6,13-14,18-19H2,1-4H3,(H,40,45)(H,41,46). The lowest BCUT2D eigenvalue weighted by molar-refractivity contribution is -0.121. The quantitative estimate of drug-likeness (QED) is 0.0845. The highest BCUT2D eigenvalue weighted by Gasteiger charge is 2.33. The predicted molar refractivity (Wildman–Crippen MR) is 179 cm³/mol. The first-order chi connectivity index (χ1) is 22.5. The summed E-state index contributed by atoms with van der Waals surface area (Å²) in [5.74, 6) is -0.442. The molecule has 0 radical (unpaired) electrons. The second-order valence-corrected chi connectivity index (χ2v) is 11.1. The number of aryl methyl sites for hydroxylation is 3. The van der Waals surface area contributed by atoms with Gasteiger partial charge in [-0.05, 0) is 93.3 Å². The maximum atomic E-state index is 13.4. The Morgan fingerprint density at radius 2 is 1.15 bits per heavy atom. The number of anilines is 3. The Morgan fingerprint density at radius 1 is 0.723 bits per heavy atom. The fraction of sp³-hybridized carbons (Fsp3) is 0.286. The number of amides is 2. The zero-order valence-electron chi connectivity index (χ0n) is 26.7. The van der Waals surface area contributed by atoms with Crippen LogP contribution in [0.2, 0.25) is 0 Å². The summed E-state index contributed by atoms with van der Waals surface area (Å²) in [6, 6.07) is 15.3. The van der Waals surface area contributed by atoms with Gasteiger partial charge in [0.2, 0.25) is 30.1 Å². The maximum Gasteiger partial charge on any atom is 0.240 e. The molecule has 3 N–H and O–H groups in total. The van der Waals surface area contributed by atoms with E-state index in [2.05, 4.69) is 37.5 Å². The van der Waals surface area contributed by atoms with E-state index in [0.29, 0.717) is 40.5 Å². The van der Waals surface area contributed by atoms with E-state index in [9.17, 15) is 24.0 Å². The maximum absolute atomic E-state index is 13.4. The minimum Gasteiger partial charge on any atom is -0.479 e. The minimum absolute atomic E-state index is 0.00429. The van der Waals surface area contributed by atoms with Crippen molar-refractivity contribution in [3.8, 4) is 0 Å². The number of isocyanates is 3. The molecule has 0 saturated carbocycles. The first-order valence-electron chi connectivity index (χ1n) is 14.8. The topological polar surface area (TPSA) is 168 Å². The molecule has 1 unspecified atom stereocenters. The number of nitrogens with zero attached hydrogens (tertiary/aromatic N) is 3. The third kappa shape index (κ3) is 10.6. The van der Waals surface area contributed by atoms with Crippen LogP contribution in [0.1, 0.15) is 49.3 Å². The van der Waals surface area contributed by atoms with E-state index >= 15 is 0 Å². The predicted octanol–water partition coefficient (Wildman–Crippen LogP) is 7.26. The smallest absolute Gasteiger partial charge is 0.240 e. The first-order valence-corrected chi connectivity index (χ1v) is 14.8. The normalized spacial score (nSPS) is 11.4. The van der Waals surface area contributed by atoms with Crippen LogP contribution in [0.3, 0.4) is 0 Å². The molecule has 1 atom stereocenters. The number of rotatable bonds is 16. The van der Waals surface area contributed by atoms with Gasteiger partial charge in [0.05, 0.1) is 23.7 Å². The van der Waals surface area contributed by atoms with Gasteiger partial charge in [0.25, 0.3) is 0 Å². The zero-order chi connectivity index (χ0) is 34.4. The molecule has 0 aliphatic rings. The van der Waals surface area contributed by atoms with Crippen LogP contribution >= 0.6 is 0 Å². The van der Waals surface area contributed by atoms with Crippen LogP contribution in [0.15, 0.2) is 82.0 Å². The van der Waals surface area contributed by atoms with Gasteiger partial charge in [0.1, 0.15) is 0 Å². The van der Waals surface area contributed by atoms with E-state index in [4.69, 9.17) is 4.74 Å². The Hall–Kier alpha value is -5.92. The molecule has 12 nitrogen and oxygen atoms in total. The summed E-state index contributed by atoms with van der Waals surface area (Å²) in [5.41, 5.74) is 4.21. The van der Waals surface area contributed by atoms with Crippen molar-refractivity contribution in [2.75, 3.05) is 22.6 Å². The molecule has 0 spiro atoms. The Balaban J connectivity index is 1.78. The summed E-state index contributed by atoms with van der Waals surface area (Å²) < 4.78 is 6.02. The number of hydrogen-bond acceptors (Lipinski definition) is 10. The molecule has 2 amide bonds. The highest BCUT2D eigenvalue weighted by atomic mass is 16.5. The highest BCUT2D eigenvalue weighted by Crippen LogP contribution is 2.35. The van der Waals surface area contributed by atoms with E-state index in [1.807, 2.05) is 13.8 Å². The van der Waals surface area contributed by atoms with Crippen molar-refractivity contribution < 1.29 is 28.7 Å². The highest BCUT2D eigenvalue weighted by molar-refractivity contribution is 5.93. The number of carbonyl (C=O) groups excluding carboxylic acids is 5. The average Bonchev–Trinajstić information content (AvgIpc) is 3.04. The van der Waals surface area contributed by atoms with E-state index in [-0.39, 0.29) is 43.6 Å². The summed E-state index contributed by atoms with van der Waals surface area (Å²) in [5, 5.41) is 8.71. The van der Waals surface area contributed by atoms with Crippen molar-refractivity contribution in [2.45, 2.75) is 53.4 Å². The largest absolute Gasteiger partial charge is 0.479 e. The number of carbonyl (C=O) groups is 2. The fourth-order valence-corrected chi connectivity index (χ4v) is 4.77. The van der Waals surface area contributed by atoms with Crippen molar-refractivity contribution >= 4 is 64.2 Å². The summed E-state index contributed by atoms with van der Waals surface area (Å²) >= 11 is 0. The monoisotopic (exact) mass is 636 g/mol. The van der Waals surface area contributed by atoms with Crippen LogP contribution in [0.4, 0.5) is 34.1 Å². The lowest BCUT2D eigenvalue weighted by Gasteiger charge is -2.32. The molecule has 47 heavy (non-hydrogen) atoms. The molecule has 3 aromatic carbocycles. The van der Waals surface area contributed by atoms with Crippen LogP contribution in [-0.2, 0) is 28.7 Å². The van der Waals surface area contributed by atoms with E-state index in [1.54, 1.807) is 68.4 Å². The van der Waals surface area contributed by atoms with Crippen molar-refractivity contribution in [3.63, 3.8) is 0 Å². The molecule has 3 rings (SSSR count). The van der Waals surface area contributed by atoms with Crippen LogP contribution < -0.4 is 16.0 Å². The molecule has 0 fully saturated rings. The van der Waals surface area contributed by atoms with Crippen molar-refractivity contribution in [2.24, 2.45) is 20.4 Å². The molecule has 0 aliphatic carbocycles. The fourth-order valence-electron chi connectivity index (χ4n) is 4.77. The molecule has 12 heteroatoms. The average molecular weight is 637 g/mol. The van der Waals surface area contributed by atoms with Gasteiger partial charge in [-0.3, -0.25) is 9.59 Å². The second kappa shape index (κ2) is 17.0. The SMILES string of the molecule is C=C(Nc1ccc(C)c(N=C=O)c1)OCC(CC)(CCC(=O)Nc1ccc(C)c(N=C=O)c1)CC(=O)Nc1ccc(C)c(N=C=O)c1. The number of aliphatic imine (C=N–C) groups is 3. The molecule has 0 bridgehead atoms. The van der Waals surface area contributed by atoms with Crippen LogP contribution in [-0.4, -0.2) is 36.7 Å². The Bertz CT molecular complexity index is 1710. The molecular formula is C35H36N6O6. The van der Waals surface area contributed by atoms with Gasteiger partial charge in [0.15, 0.2) is 5.88 Å². The van der Waals surface area contributed by atoms with Crippen LogP contribution in [0, 0.1) is 26.2 Å². The van der Waals surface area contributed by atoms with Crippen LogP contribution in [0.5, 0.6) is 0 Å². The van der Waals surface area contributed by atoms with Crippen molar-refractivity contribution in [1.82, 2.24) is 0 Å². The molecule has 242 valence electrons. The molecule has 0 aromatic heterocycles. The number of benzene rings is 3. The number of nitrogens with one attached hydrogen (secondary N) is 3. The number of ether oxygens (including phenoxy) is 1. The second-order valence-electron chi connectivity index (χ2n) is 11.1. The Kier molecular flexibility index (Phi) is 12.8. The molecule has 0 heterocycles. The first kappa shape index (κ1) is 35.6. The van der Waals surface area contributed by atoms with Gasteiger partial charge in [-0.1, -0.05) is 25.1 Å². The lowest BCUT2D eigenvalue weighted by Crippen LogP contribution is -2.33. The van der Waals surface area contributed by atoms with Gasteiger partial charge >= 0.3 is 0 Å². The van der Waals surface area contributed by atoms with Gasteiger partial charge in [-0.15, -0.1) is 0 Å². The summed E-state index contributed by atoms with van der Waals surface area (Å²) in [6.45, 7) is 11.3. The summed E-state index contributed by atoms with van der Waals surface area (Å²) in [7, 11) is 0. The Morgan fingerprint density at radius 3 is 1.57 bits per heavy atom. The zero-order valence-corrected chi connectivity index (χ0v) is 26.7. The molecule has 0 saturated heterocycles. The van der Waals surface area contributed by atoms with Crippen molar-refractivity contribution in [1.29, 1.82) is 0 Å². The van der Waals surface area contributed by atoms with E-state index < -0.39 is 5.41 Å². The van der Waals surface area contributed by atoms with Crippen LogP contribution in [0.25, 0.3) is 0 Å². The third-order valence-corrected chi connectivity index (χ3v) is 7.70. The van der Waals surface area contributed by atoms with Gasteiger partial charge in [0, 0.05) is 35.3 Å². The van der Waals surface area contributed by atoms with E-state index in [1.165, 1.54) is 18.2 Å². The Labute approximate surface area is 272 Å². The van der Waals surface area contributed by atoms with Gasteiger partial charge in [-0.2, -0.15) is 15.0 Å². The third-order valence-electron chi connectivity index (χ3n) is 7.70. The number of hydrogen-bond donors (Lipinski definition) is 3. The molecule has 0 aliphatic heterocycles. The van der Waals surface area contributed by atoms with E-state index in [0.717, 1.165) is 16.7 Å². The minimum atomic E-state index is -0.805. The summed E-state index contributed by atoms with van der Waals surface area (Å²) in [6.07, 6.45) is 5.36. The lowest BCUT2D eigenvalue weighted by atomic mass is 9.78. The van der Waals surface area contributed by atoms with Crippen molar-refractivity contribution in [3.05, 3.63) is 83.7 Å². The van der Waals surface area contributed by atoms with Gasteiger partial charge < -0.3 is 20.7 Å². The van der Waals surface area contributed by atoms with Gasteiger partial charge in [-0.25, -0.2) is 14.4 Å². The molecule has 3 aromatic rings.